The zero-order chi connectivity index (χ0) is 36.0. The fourth-order valence-electron chi connectivity index (χ4n) is 4.81. The van der Waals surface area contributed by atoms with Gasteiger partial charge in [-0.15, -0.1) is 0 Å². The number of fused-ring (bicyclic) bond motifs is 1. The highest BCUT2D eigenvalue weighted by molar-refractivity contribution is 8.00. The molecule has 0 aliphatic heterocycles. The molecule has 0 aliphatic carbocycles. The predicted molar refractivity (Wildman–Crippen MR) is 190 cm³/mol. The molecule has 0 saturated heterocycles. The van der Waals surface area contributed by atoms with E-state index in [0.29, 0.717) is 56.5 Å². The van der Waals surface area contributed by atoms with Gasteiger partial charge in [-0.05, 0) is 78.9 Å². The molecule has 13 nitrogen and oxygen atoms in total. The largest absolute Gasteiger partial charge is 0.399 e. The van der Waals surface area contributed by atoms with Gasteiger partial charge in [0.15, 0.2) is 0 Å². The van der Waals surface area contributed by atoms with Crippen LogP contribution >= 0.6 is 23.5 Å². The number of nitrogens with zero attached hydrogens (tertiary/aromatic N) is 2. The Kier molecular flexibility index (Phi) is 9.39. The van der Waals surface area contributed by atoms with Crippen LogP contribution in [0.1, 0.15) is 0 Å². The Bertz CT molecular complexity index is 2640. The lowest BCUT2D eigenvalue weighted by atomic mass is 10.0. The van der Waals surface area contributed by atoms with Gasteiger partial charge in [0.1, 0.15) is 9.79 Å². The maximum atomic E-state index is 12.5. The van der Waals surface area contributed by atoms with Crippen molar-refractivity contribution in [2.24, 2.45) is 0 Å². The molecule has 7 N–H and O–H groups in total. The van der Waals surface area contributed by atoms with Crippen LogP contribution in [0, 0.1) is 0 Å². The first-order chi connectivity index (χ1) is 23.5. The van der Waals surface area contributed by atoms with Gasteiger partial charge in [-0.25, -0.2) is 9.97 Å². The topological polar surface area (TPSA) is 241 Å². The Morgan fingerprint density at radius 2 is 0.920 bits per heavy atom. The Balaban J connectivity index is 1.39. The molecule has 0 amide bonds. The molecule has 0 radical (unpaired) electrons. The minimum Gasteiger partial charge on any atom is -0.399 e. The third-order valence-electron chi connectivity index (χ3n) is 7.14. The van der Waals surface area contributed by atoms with E-state index < -0.39 is 45.0 Å². The van der Waals surface area contributed by atoms with E-state index >= 15 is 0 Å². The van der Waals surface area contributed by atoms with Crippen LogP contribution < -0.4 is 11.5 Å². The van der Waals surface area contributed by atoms with Crippen LogP contribution in [0.4, 0.5) is 11.4 Å². The summed E-state index contributed by atoms with van der Waals surface area (Å²) in [5, 5.41) is 0. The summed E-state index contributed by atoms with van der Waals surface area (Å²) >= 11 is 1.69. The lowest BCUT2D eigenvalue weighted by molar-refractivity contribution is 0.476. The van der Waals surface area contributed by atoms with Crippen molar-refractivity contribution >= 4 is 76.3 Å². The predicted octanol–water partition coefficient (Wildman–Crippen LogP) is 6.17. The monoisotopic (exact) mass is 768 g/mol. The normalized spacial score (nSPS) is 12.3. The molecular formula is C32H24N4O9S5. The fourth-order valence-corrected chi connectivity index (χ4v) is 9.26. The highest BCUT2D eigenvalue weighted by Gasteiger charge is 2.23. The summed E-state index contributed by atoms with van der Waals surface area (Å²) in [5.74, 6) is 0. The number of nitrogens with two attached hydrogens (primary N) is 2. The van der Waals surface area contributed by atoms with Gasteiger partial charge < -0.3 is 11.5 Å². The number of nitrogen functional groups attached to an aromatic ring is 2. The molecular weight excluding hydrogens is 745 g/mol. The van der Waals surface area contributed by atoms with Crippen molar-refractivity contribution in [1.82, 2.24) is 9.97 Å². The molecule has 0 bridgehead atoms. The maximum absolute atomic E-state index is 12.5. The van der Waals surface area contributed by atoms with Crippen molar-refractivity contribution in [3.63, 3.8) is 0 Å². The van der Waals surface area contributed by atoms with E-state index in [0.717, 1.165) is 41.1 Å². The highest BCUT2D eigenvalue weighted by Crippen LogP contribution is 2.40. The minimum absolute atomic E-state index is 0.123. The molecule has 0 saturated carbocycles. The van der Waals surface area contributed by atoms with E-state index in [2.05, 4.69) is 0 Å². The summed E-state index contributed by atoms with van der Waals surface area (Å²) in [6, 6.07) is 26.0. The molecule has 0 fully saturated rings. The van der Waals surface area contributed by atoms with E-state index in [1.165, 1.54) is 12.1 Å². The second kappa shape index (κ2) is 13.3. The van der Waals surface area contributed by atoms with Crippen LogP contribution in [0.25, 0.3) is 33.5 Å². The molecule has 1 aromatic heterocycles. The van der Waals surface area contributed by atoms with E-state index in [-0.39, 0.29) is 14.7 Å². The lowest BCUT2D eigenvalue weighted by Crippen LogP contribution is -2.05. The first kappa shape index (κ1) is 35.3. The zero-order valence-electron chi connectivity index (χ0n) is 25.2. The summed E-state index contributed by atoms with van der Waals surface area (Å²) < 4.78 is 101. The van der Waals surface area contributed by atoms with Crippen LogP contribution in [0.3, 0.4) is 0 Å². The van der Waals surface area contributed by atoms with Crippen LogP contribution in [-0.4, -0.2) is 48.9 Å². The van der Waals surface area contributed by atoms with E-state index in [9.17, 15) is 38.9 Å². The second-order valence-corrected chi connectivity index (χ2v) is 17.1. The van der Waals surface area contributed by atoms with Crippen LogP contribution in [-0.2, 0) is 30.4 Å². The van der Waals surface area contributed by atoms with Gasteiger partial charge in [-0.3, -0.25) is 13.7 Å². The Morgan fingerprint density at radius 1 is 0.480 bits per heavy atom. The van der Waals surface area contributed by atoms with Gasteiger partial charge in [0.25, 0.3) is 30.4 Å². The summed E-state index contributed by atoms with van der Waals surface area (Å²) in [4.78, 5) is 8.31. The molecule has 6 aromatic rings. The number of aromatic nitrogens is 2. The number of anilines is 2. The number of benzene rings is 5. The van der Waals surface area contributed by atoms with Gasteiger partial charge in [-0.2, -0.15) is 25.3 Å². The standard InChI is InChI=1S/C32H24N4O9S5/c33-20-5-1-18(2-6-20)31-32(19-3-7-21(34)8-4-19)36-26-15-22(9-12-25(26)35-31)46-27-13-10-23(16-29(27)49(40,41)42)47-28-14-11-24(48(37,38)39)17-30(28)50(43,44)45/h1-17H,33-34H2,(H,37,38,39)(H,40,41,42)(H,43,44,45). The zero-order valence-corrected chi connectivity index (χ0v) is 29.3. The molecule has 0 aliphatic rings. The number of hydrogen-bond acceptors (Lipinski definition) is 12. The van der Waals surface area contributed by atoms with Crippen molar-refractivity contribution < 1.29 is 38.9 Å². The second-order valence-electron chi connectivity index (χ2n) is 10.7. The van der Waals surface area contributed by atoms with Crippen LogP contribution in [0.2, 0.25) is 0 Å². The Morgan fingerprint density at radius 3 is 1.42 bits per heavy atom. The van der Waals surface area contributed by atoms with E-state index in [1.54, 1.807) is 42.5 Å². The van der Waals surface area contributed by atoms with Crippen molar-refractivity contribution in [1.29, 1.82) is 0 Å². The summed E-state index contributed by atoms with van der Waals surface area (Å²) in [7, 11) is -14.6. The first-order valence-corrected chi connectivity index (χ1v) is 20.0. The molecule has 50 heavy (non-hydrogen) atoms. The molecule has 6 rings (SSSR count). The summed E-state index contributed by atoms with van der Waals surface area (Å²) in [5.41, 5.74) is 16.7. The third-order valence-corrected chi connectivity index (χ3v) is 12.2. The quantitative estimate of drug-likeness (QED) is 0.0816. The van der Waals surface area contributed by atoms with Gasteiger partial charge in [0.05, 0.1) is 27.3 Å². The van der Waals surface area contributed by atoms with Crippen LogP contribution in [0.15, 0.2) is 137 Å². The molecule has 0 spiro atoms. The van der Waals surface area contributed by atoms with Crippen molar-refractivity contribution in [2.45, 2.75) is 34.3 Å². The summed E-state index contributed by atoms with van der Waals surface area (Å²) in [6.07, 6.45) is 0. The number of hydrogen-bond donors (Lipinski definition) is 5. The van der Waals surface area contributed by atoms with Gasteiger partial charge in [0, 0.05) is 42.1 Å². The maximum Gasteiger partial charge on any atom is 0.295 e. The molecule has 0 atom stereocenters. The Hall–Kier alpha value is -4.53. The minimum atomic E-state index is -4.97. The third kappa shape index (κ3) is 7.77. The van der Waals surface area contributed by atoms with Crippen molar-refractivity contribution in [3.8, 4) is 22.5 Å². The average molecular weight is 769 g/mol. The smallest absolute Gasteiger partial charge is 0.295 e. The van der Waals surface area contributed by atoms with Crippen LogP contribution in [0.5, 0.6) is 0 Å². The van der Waals surface area contributed by atoms with Crippen molar-refractivity contribution in [2.75, 3.05) is 11.5 Å². The lowest BCUT2D eigenvalue weighted by Gasteiger charge is -2.13. The molecule has 5 aromatic carbocycles. The molecule has 1 heterocycles. The Labute approximate surface area is 295 Å². The average Bonchev–Trinajstić information content (AvgIpc) is 3.04. The van der Waals surface area contributed by atoms with Gasteiger partial charge in [-0.1, -0.05) is 47.8 Å². The highest BCUT2D eigenvalue weighted by atomic mass is 32.2. The first-order valence-electron chi connectivity index (χ1n) is 14.1. The summed E-state index contributed by atoms with van der Waals surface area (Å²) in [6.45, 7) is 0. The number of rotatable bonds is 9. The van der Waals surface area contributed by atoms with E-state index in [4.69, 9.17) is 21.4 Å². The SMILES string of the molecule is Nc1ccc(-c2nc3ccc(Sc4ccc(Sc5ccc(S(=O)(=O)O)cc5S(=O)(=O)O)cc4S(=O)(=O)O)cc3nc2-c2ccc(N)cc2)cc1. The molecule has 256 valence electrons. The van der Waals surface area contributed by atoms with E-state index in [1.807, 2.05) is 24.3 Å². The van der Waals surface area contributed by atoms with Gasteiger partial charge >= 0.3 is 0 Å². The fraction of sp³-hybridized carbons (Fsp3) is 0. The molecule has 0 unspecified atom stereocenters. The van der Waals surface area contributed by atoms with Crippen molar-refractivity contribution in [3.05, 3.63) is 103 Å². The molecule has 18 heteroatoms. The van der Waals surface area contributed by atoms with Gasteiger partial charge in [0.2, 0.25) is 0 Å².